The first-order valence-corrected chi connectivity index (χ1v) is 14.4. The number of carbonyl (C=O) groups is 1. The molecule has 41 heavy (non-hydrogen) atoms. The van der Waals surface area contributed by atoms with Crippen LogP contribution in [0.5, 0.6) is 11.5 Å². The number of piperazine rings is 1. The number of anilines is 1. The summed E-state index contributed by atoms with van der Waals surface area (Å²) in [7, 11) is 0. The second-order valence-corrected chi connectivity index (χ2v) is 11.1. The number of nitrogens with zero attached hydrogens (tertiary/aromatic N) is 6. The minimum absolute atomic E-state index is 0.00673. The van der Waals surface area contributed by atoms with Gasteiger partial charge in [0.1, 0.15) is 29.3 Å². The maximum atomic E-state index is 13.1. The highest BCUT2D eigenvalue weighted by Crippen LogP contribution is 2.35. The van der Waals surface area contributed by atoms with Gasteiger partial charge in [0.15, 0.2) is 5.65 Å². The van der Waals surface area contributed by atoms with E-state index in [-0.39, 0.29) is 11.9 Å². The van der Waals surface area contributed by atoms with Gasteiger partial charge < -0.3 is 20.7 Å². The summed E-state index contributed by atoms with van der Waals surface area (Å²) in [5.41, 5.74) is 8.67. The molecule has 10 nitrogen and oxygen atoms in total. The fraction of sp³-hybridized carbons (Fsp3) is 0.355. The van der Waals surface area contributed by atoms with Crippen LogP contribution in [-0.4, -0.2) is 80.3 Å². The monoisotopic (exact) mass is 550 g/mol. The van der Waals surface area contributed by atoms with Crippen molar-refractivity contribution >= 4 is 22.8 Å². The van der Waals surface area contributed by atoms with Crippen LogP contribution in [0.4, 0.5) is 5.82 Å². The van der Waals surface area contributed by atoms with E-state index in [4.69, 9.17) is 15.6 Å². The maximum absolute atomic E-state index is 13.1. The molecule has 0 unspecified atom stereocenters. The summed E-state index contributed by atoms with van der Waals surface area (Å²) >= 11 is 0. The lowest BCUT2D eigenvalue weighted by Crippen LogP contribution is -2.43. The van der Waals surface area contributed by atoms with Gasteiger partial charge in [0.25, 0.3) is 0 Å². The van der Waals surface area contributed by atoms with Gasteiger partial charge in [0.05, 0.1) is 11.4 Å². The van der Waals surface area contributed by atoms with Gasteiger partial charge in [-0.05, 0) is 55.7 Å². The molecular formula is C31H34N8O2. The second-order valence-electron chi connectivity index (χ2n) is 11.1. The molecule has 4 aromatic rings. The third-order valence-electron chi connectivity index (χ3n) is 8.45. The molecule has 3 aliphatic heterocycles. The predicted molar refractivity (Wildman–Crippen MR) is 157 cm³/mol. The van der Waals surface area contributed by atoms with E-state index in [1.165, 1.54) is 12.7 Å². The zero-order valence-corrected chi connectivity index (χ0v) is 22.9. The SMILES string of the molecule is Nc1ncnc2c1c(-c1ccc(Oc3ccccc3)cc1)nn2[C@H]1CCCN(C(=O)/C=C/CN2C[C@@H]3C[C@H]2CN3)C1. The van der Waals surface area contributed by atoms with Crippen LogP contribution in [0.2, 0.25) is 0 Å². The molecule has 0 saturated carbocycles. The third kappa shape index (κ3) is 5.16. The summed E-state index contributed by atoms with van der Waals surface area (Å²) < 4.78 is 7.90. The number of rotatable bonds is 7. The molecule has 2 aromatic carbocycles. The number of nitrogens with one attached hydrogen (secondary N) is 1. The average Bonchev–Trinajstić information content (AvgIpc) is 3.74. The molecule has 1 amide bonds. The van der Waals surface area contributed by atoms with E-state index in [2.05, 4.69) is 20.2 Å². The zero-order valence-electron chi connectivity index (χ0n) is 22.9. The Morgan fingerprint density at radius 3 is 2.66 bits per heavy atom. The van der Waals surface area contributed by atoms with E-state index in [0.717, 1.165) is 67.2 Å². The van der Waals surface area contributed by atoms with E-state index < -0.39 is 0 Å². The van der Waals surface area contributed by atoms with Gasteiger partial charge >= 0.3 is 0 Å². The van der Waals surface area contributed by atoms with Crippen molar-refractivity contribution in [2.24, 2.45) is 0 Å². The first-order valence-electron chi connectivity index (χ1n) is 14.4. The molecule has 0 aliphatic carbocycles. The number of amides is 1. The van der Waals surface area contributed by atoms with Crippen molar-refractivity contribution in [3.8, 4) is 22.8 Å². The number of ether oxygens (including phenoxy) is 1. The number of benzene rings is 2. The molecule has 7 rings (SSSR count). The van der Waals surface area contributed by atoms with Gasteiger partial charge in [-0.3, -0.25) is 9.69 Å². The zero-order chi connectivity index (χ0) is 27.8. The number of carbonyl (C=O) groups excluding carboxylic acids is 1. The van der Waals surface area contributed by atoms with Crippen molar-refractivity contribution in [3.05, 3.63) is 73.1 Å². The lowest BCUT2D eigenvalue weighted by atomic mass is 10.1. The quantitative estimate of drug-likeness (QED) is 0.335. The van der Waals surface area contributed by atoms with E-state index in [1.807, 2.05) is 70.3 Å². The fourth-order valence-electron chi connectivity index (χ4n) is 6.38. The van der Waals surface area contributed by atoms with Crippen molar-refractivity contribution in [1.82, 2.24) is 34.9 Å². The van der Waals surface area contributed by atoms with Crippen molar-refractivity contribution in [1.29, 1.82) is 0 Å². The van der Waals surface area contributed by atoms with Gasteiger partial charge in [-0.2, -0.15) is 5.10 Å². The predicted octanol–water partition coefficient (Wildman–Crippen LogP) is 3.63. The highest BCUT2D eigenvalue weighted by atomic mass is 16.5. The molecular weight excluding hydrogens is 516 g/mol. The molecule has 3 N–H and O–H groups in total. The number of nitrogens with two attached hydrogens (primary N) is 1. The van der Waals surface area contributed by atoms with E-state index >= 15 is 0 Å². The Kier molecular flexibility index (Phi) is 6.85. The van der Waals surface area contributed by atoms with Crippen LogP contribution < -0.4 is 15.8 Å². The molecule has 3 aliphatic rings. The largest absolute Gasteiger partial charge is 0.457 e. The van der Waals surface area contributed by atoms with E-state index in [0.29, 0.717) is 30.1 Å². The first-order chi connectivity index (χ1) is 20.1. The van der Waals surface area contributed by atoms with Crippen LogP contribution in [0.25, 0.3) is 22.3 Å². The van der Waals surface area contributed by atoms with Crippen LogP contribution >= 0.6 is 0 Å². The Bertz CT molecular complexity index is 1570. The average molecular weight is 551 g/mol. The smallest absolute Gasteiger partial charge is 0.246 e. The number of hydrogen-bond donors (Lipinski definition) is 2. The van der Waals surface area contributed by atoms with Gasteiger partial charge in [-0.15, -0.1) is 0 Å². The number of nitrogen functional groups attached to an aromatic ring is 1. The Morgan fingerprint density at radius 1 is 1.05 bits per heavy atom. The highest BCUT2D eigenvalue weighted by molar-refractivity contribution is 5.98. The van der Waals surface area contributed by atoms with Gasteiger partial charge in [0, 0.05) is 56.4 Å². The first kappa shape index (κ1) is 25.7. The highest BCUT2D eigenvalue weighted by Gasteiger charge is 2.36. The maximum Gasteiger partial charge on any atom is 0.246 e. The van der Waals surface area contributed by atoms with Gasteiger partial charge in [-0.25, -0.2) is 14.6 Å². The van der Waals surface area contributed by atoms with Crippen LogP contribution in [0.1, 0.15) is 25.3 Å². The molecule has 0 spiro atoms. The lowest BCUT2D eigenvalue weighted by molar-refractivity contribution is -0.127. The number of piperidine rings is 1. The number of hydrogen-bond acceptors (Lipinski definition) is 8. The molecule has 3 saturated heterocycles. The van der Waals surface area contributed by atoms with E-state index in [1.54, 1.807) is 6.08 Å². The van der Waals surface area contributed by atoms with Crippen LogP contribution in [0, 0.1) is 0 Å². The summed E-state index contributed by atoms with van der Waals surface area (Å²) in [4.78, 5) is 26.4. The number of aromatic nitrogens is 4. The summed E-state index contributed by atoms with van der Waals surface area (Å²) in [6.07, 6.45) is 8.26. The molecule has 10 heteroatoms. The molecule has 2 aromatic heterocycles. The topological polar surface area (TPSA) is 114 Å². The Balaban J connectivity index is 1.09. The number of fused-ring (bicyclic) bond motifs is 3. The molecule has 5 heterocycles. The molecule has 3 fully saturated rings. The number of likely N-dealkylation sites (tertiary alicyclic amines) is 2. The van der Waals surface area contributed by atoms with Crippen molar-refractivity contribution in [2.45, 2.75) is 37.4 Å². The summed E-state index contributed by atoms with van der Waals surface area (Å²) in [5, 5.41) is 9.26. The second kappa shape index (κ2) is 10.9. The molecule has 3 atom stereocenters. The normalized spacial score (nSPS) is 22.6. The van der Waals surface area contributed by atoms with Crippen molar-refractivity contribution in [2.75, 3.05) is 38.5 Å². The Hall–Kier alpha value is -4.28. The minimum Gasteiger partial charge on any atom is -0.457 e. The van der Waals surface area contributed by atoms with Crippen molar-refractivity contribution in [3.63, 3.8) is 0 Å². The van der Waals surface area contributed by atoms with Crippen LogP contribution in [0.15, 0.2) is 73.1 Å². The third-order valence-corrected chi connectivity index (χ3v) is 8.45. The van der Waals surface area contributed by atoms with Crippen LogP contribution in [0.3, 0.4) is 0 Å². The Labute approximate surface area is 238 Å². The summed E-state index contributed by atoms with van der Waals surface area (Å²) in [5.74, 6) is 1.95. The van der Waals surface area contributed by atoms with Crippen molar-refractivity contribution < 1.29 is 9.53 Å². The number of para-hydroxylation sites is 1. The standard InChI is InChI=1S/C31H34N8O2/c32-30-28-29(21-10-12-26(13-11-21)41-25-7-2-1-3-8-25)36-39(31(28)35-20-34-30)23-6-4-15-38(19-23)27(40)9-5-14-37-18-22-16-24(37)17-33-22/h1-3,5,7-13,20,22-24,33H,4,6,14-19H2,(H2,32,34,35)/b9-5+/t22-,23-,24-/m0/s1. The fourth-order valence-corrected chi connectivity index (χ4v) is 6.38. The summed E-state index contributed by atoms with van der Waals surface area (Å²) in [6, 6.07) is 18.7. The molecule has 2 bridgehead atoms. The molecule has 0 radical (unpaired) electrons. The van der Waals surface area contributed by atoms with Crippen LogP contribution in [-0.2, 0) is 4.79 Å². The van der Waals surface area contributed by atoms with E-state index in [9.17, 15) is 4.79 Å². The summed E-state index contributed by atoms with van der Waals surface area (Å²) in [6.45, 7) is 4.26. The Morgan fingerprint density at radius 2 is 1.88 bits per heavy atom. The van der Waals surface area contributed by atoms with Gasteiger partial charge in [0.2, 0.25) is 5.91 Å². The molecule has 210 valence electrons. The minimum atomic E-state index is -0.00673. The van der Waals surface area contributed by atoms with Gasteiger partial charge in [-0.1, -0.05) is 24.3 Å². The lowest BCUT2D eigenvalue weighted by Gasteiger charge is -2.32.